The normalized spacial score (nSPS) is 9.73. The molecule has 0 N–H and O–H groups in total. The molecule has 4 heteroatoms. The molecule has 0 bridgehead atoms. The summed E-state index contributed by atoms with van der Waals surface area (Å²) in [6.07, 6.45) is -0.187. The lowest BCUT2D eigenvalue weighted by molar-refractivity contribution is -0.141. The van der Waals surface area contributed by atoms with Gasteiger partial charge < -0.3 is 4.74 Å². The smallest absolute Gasteiger partial charge is 0.313 e. The Morgan fingerprint density at radius 2 is 2.13 bits per heavy atom. The fraction of sp³-hybridized carbons (Fsp3) is 0.273. The standard InChI is InChI=1S/C11H11IO3/c1-2-15-11(14)7-10(13)8-4-3-5-9(12)6-8/h3-6H,2,7H2,1H3. The third-order valence-electron chi connectivity index (χ3n) is 1.76. The van der Waals surface area contributed by atoms with Crippen LogP contribution in [-0.2, 0) is 9.53 Å². The first-order valence-corrected chi connectivity index (χ1v) is 5.65. The quantitative estimate of drug-likeness (QED) is 0.371. The van der Waals surface area contributed by atoms with Crippen LogP contribution in [-0.4, -0.2) is 18.4 Å². The number of Topliss-reactive ketones (excluding diaryl/α,β-unsaturated/α-hetero) is 1. The van der Waals surface area contributed by atoms with Gasteiger partial charge in [-0.15, -0.1) is 0 Å². The minimum Gasteiger partial charge on any atom is -0.466 e. The Bertz CT molecular complexity index is 374. The molecule has 0 aliphatic rings. The maximum atomic E-state index is 11.6. The lowest BCUT2D eigenvalue weighted by Gasteiger charge is -2.01. The molecule has 1 rings (SSSR count). The van der Waals surface area contributed by atoms with E-state index in [9.17, 15) is 9.59 Å². The summed E-state index contributed by atoms with van der Waals surface area (Å²) >= 11 is 2.12. The summed E-state index contributed by atoms with van der Waals surface area (Å²) in [5.74, 6) is -0.673. The lowest BCUT2D eigenvalue weighted by Crippen LogP contribution is -2.11. The van der Waals surface area contributed by atoms with E-state index in [0.717, 1.165) is 3.57 Å². The van der Waals surface area contributed by atoms with Gasteiger partial charge in [0.1, 0.15) is 6.42 Å². The van der Waals surface area contributed by atoms with Gasteiger partial charge in [-0.2, -0.15) is 0 Å². The van der Waals surface area contributed by atoms with Crippen molar-refractivity contribution in [3.8, 4) is 0 Å². The first kappa shape index (κ1) is 12.2. The fourth-order valence-corrected chi connectivity index (χ4v) is 1.65. The van der Waals surface area contributed by atoms with Crippen LogP contribution in [0, 0.1) is 3.57 Å². The second-order valence-electron chi connectivity index (χ2n) is 2.92. The third kappa shape index (κ3) is 3.99. The van der Waals surface area contributed by atoms with E-state index in [1.807, 2.05) is 6.07 Å². The zero-order valence-electron chi connectivity index (χ0n) is 8.33. The zero-order chi connectivity index (χ0) is 11.3. The summed E-state index contributed by atoms with van der Waals surface area (Å²) in [6.45, 7) is 2.02. The second kappa shape index (κ2) is 5.85. The highest BCUT2D eigenvalue weighted by Crippen LogP contribution is 2.10. The Balaban J connectivity index is 2.65. The number of halogens is 1. The highest BCUT2D eigenvalue weighted by atomic mass is 127. The first-order chi connectivity index (χ1) is 7.13. The monoisotopic (exact) mass is 318 g/mol. The number of benzene rings is 1. The highest BCUT2D eigenvalue weighted by molar-refractivity contribution is 14.1. The molecule has 1 aromatic rings. The summed E-state index contributed by atoms with van der Waals surface area (Å²) in [4.78, 5) is 22.6. The molecule has 80 valence electrons. The molecule has 0 heterocycles. The summed E-state index contributed by atoms with van der Waals surface area (Å²) < 4.78 is 5.68. The number of ketones is 1. The van der Waals surface area contributed by atoms with E-state index in [-0.39, 0.29) is 12.2 Å². The van der Waals surface area contributed by atoms with Crippen molar-refractivity contribution in [1.29, 1.82) is 0 Å². The number of ether oxygens (including phenoxy) is 1. The molecule has 0 aliphatic heterocycles. The summed E-state index contributed by atoms with van der Waals surface area (Å²) in [6, 6.07) is 7.13. The van der Waals surface area contributed by atoms with Gasteiger partial charge in [0.25, 0.3) is 0 Å². The van der Waals surface area contributed by atoms with Crippen molar-refractivity contribution in [2.75, 3.05) is 6.61 Å². The van der Waals surface area contributed by atoms with Crippen molar-refractivity contribution in [3.05, 3.63) is 33.4 Å². The van der Waals surface area contributed by atoms with Gasteiger partial charge in [-0.1, -0.05) is 12.1 Å². The van der Waals surface area contributed by atoms with Crippen LogP contribution >= 0.6 is 22.6 Å². The SMILES string of the molecule is CCOC(=O)CC(=O)c1cccc(I)c1. The molecule has 0 spiro atoms. The van der Waals surface area contributed by atoms with Crippen LogP contribution in [0.1, 0.15) is 23.7 Å². The van der Waals surface area contributed by atoms with Gasteiger partial charge in [0.2, 0.25) is 0 Å². The van der Waals surface area contributed by atoms with Crippen LogP contribution in [0.2, 0.25) is 0 Å². The Morgan fingerprint density at radius 1 is 1.40 bits per heavy atom. The largest absolute Gasteiger partial charge is 0.466 e. The molecule has 15 heavy (non-hydrogen) atoms. The number of rotatable bonds is 4. The van der Waals surface area contributed by atoms with Crippen molar-refractivity contribution in [1.82, 2.24) is 0 Å². The summed E-state index contributed by atoms with van der Waals surface area (Å²) in [5, 5.41) is 0. The molecular weight excluding hydrogens is 307 g/mol. The highest BCUT2D eigenvalue weighted by Gasteiger charge is 2.12. The van der Waals surface area contributed by atoms with Crippen LogP contribution in [0.4, 0.5) is 0 Å². The molecule has 0 fully saturated rings. The third-order valence-corrected chi connectivity index (χ3v) is 2.43. The van der Waals surface area contributed by atoms with Gasteiger partial charge in [0, 0.05) is 9.13 Å². The van der Waals surface area contributed by atoms with E-state index >= 15 is 0 Å². The van der Waals surface area contributed by atoms with E-state index in [1.54, 1.807) is 25.1 Å². The van der Waals surface area contributed by atoms with Crippen molar-refractivity contribution in [2.45, 2.75) is 13.3 Å². The van der Waals surface area contributed by atoms with Crippen LogP contribution in [0.3, 0.4) is 0 Å². The molecule has 0 saturated carbocycles. The van der Waals surface area contributed by atoms with Crippen molar-refractivity contribution < 1.29 is 14.3 Å². The van der Waals surface area contributed by atoms with Crippen molar-refractivity contribution in [3.63, 3.8) is 0 Å². The van der Waals surface area contributed by atoms with Gasteiger partial charge in [0.05, 0.1) is 6.61 Å². The average molecular weight is 318 g/mol. The predicted octanol–water partition coefficient (Wildman–Crippen LogP) is 2.43. The topological polar surface area (TPSA) is 43.4 Å². The maximum absolute atomic E-state index is 11.6. The van der Waals surface area contributed by atoms with Gasteiger partial charge in [-0.3, -0.25) is 9.59 Å². The molecule has 3 nitrogen and oxygen atoms in total. The summed E-state index contributed by atoms with van der Waals surface area (Å²) in [5.41, 5.74) is 0.551. The first-order valence-electron chi connectivity index (χ1n) is 4.58. The molecule has 0 unspecified atom stereocenters. The average Bonchev–Trinajstić information content (AvgIpc) is 2.18. The van der Waals surface area contributed by atoms with E-state index in [4.69, 9.17) is 4.74 Å². The maximum Gasteiger partial charge on any atom is 0.313 e. The molecule has 0 saturated heterocycles. The molecular formula is C11H11IO3. The zero-order valence-corrected chi connectivity index (χ0v) is 10.5. The van der Waals surface area contributed by atoms with Gasteiger partial charge in [-0.25, -0.2) is 0 Å². The molecule has 0 aromatic heterocycles. The van der Waals surface area contributed by atoms with Gasteiger partial charge in [-0.05, 0) is 41.6 Å². The number of hydrogen-bond acceptors (Lipinski definition) is 3. The number of carbonyl (C=O) groups is 2. The number of esters is 1. The minimum atomic E-state index is -0.471. The van der Waals surface area contributed by atoms with E-state index in [1.165, 1.54) is 0 Å². The molecule has 0 radical (unpaired) electrons. The summed E-state index contributed by atoms with van der Waals surface area (Å²) in [7, 11) is 0. The Kier molecular flexibility index (Phi) is 4.74. The Labute approximate surface area is 102 Å². The van der Waals surface area contributed by atoms with Crippen LogP contribution in [0.5, 0.6) is 0 Å². The minimum absolute atomic E-state index is 0.187. The molecule has 0 atom stereocenters. The Hall–Kier alpha value is -0.910. The fourth-order valence-electron chi connectivity index (χ4n) is 1.11. The number of hydrogen-bond donors (Lipinski definition) is 0. The molecule has 1 aromatic carbocycles. The van der Waals surface area contributed by atoms with Crippen molar-refractivity contribution in [2.24, 2.45) is 0 Å². The van der Waals surface area contributed by atoms with E-state index in [0.29, 0.717) is 12.2 Å². The lowest BCUT2D eigenvalue weighted by atomic mass is 10.1. The van der Waals surface area contributed by atoms with Gasteiger partial charge >= 0.3 is 5.97 Å². The Morgan fingerprint density at radius 3 is 2.73 bits per heavy atom. The van der Waals surface area contributed by atoms with Crippen LogP contribution in [0.15, 0.2) is 24.3 Å². The molecule has 0 amide bonds. The van der Waals surface area contributed by atoms with Crippen LogP contribution in [0.25, 0.3) is 0 Å². The number of carbonyl (C=O) groups excluding carboxylic acids is 2. The van der Waals surface area contributed by atoms with Gasteiger partial charge in [0.15, 0.2) is 5.78 Å². The van der Waals surface area contributed by atoms with E-state index < -0.39 is 5.97 Å². The van der Waals surface area contributed by atoms with Crippen LogP contribution < -0.4 is 0 Å². The predicted molar refractivity (Wildman–Crippen MR) is 64.7 cm³/mol. The molecule has 0 aliphatic carbocycles. The van der Waals surface area contributed by atoms with E-state index in [2.05, 4.69) is 22.6 Å². The second-order valence-corrected chi connectivity index (χ2v) is 4.16. The van der Waals surface area contributed by atoms with Crippen molar-refractivity contribution >= 4 is 34.3 Å².